The monoisotopic (exact) mass is 428 g/mol. The SMILES string of the molecule is CCC/C=C\CCCC(=O)N(C)OC.CCCC1CC1CCC.CON(C)C(C)=O. The molecule has 0 radical (unpaired) electrons. The van der Waals surface area contributed by atoms with Crippen LogP contribution in [0.1, 0.15) is 91.9 Å². The Morgan fingerprint density at radius 1 is 0.867 bits per heavy atom. The van der Waals surface area contributed by atoms with Crippen LogP contribution in [0, 0.1) is 11.8 Å². The number of unbranched alkanes of at least 4 members (excludes halogenated alkanes) is 2. The molecule has 1 saturated carbocycles. The Kier molecular flexibility index (Phi) is 21.4. The van der Waals surface area contributed by atoms with Gasteiger partial charge in [-0.25, -0.2) is 10.1 Å². The van der Waals surface area contributed by atoms with Crippen LogP contribution in [0.5, 0.6) is 0 Å². The number of amides is 2. The molecule has 0 aromatic rings. The highest BCUT2D eigenvalue weighted by molar-refractivity contribution is 5.74. The topological polar surface area (TPSA) is 59.1 Å². The van der Waals surface area contributed by atoms with Crippen LogP contribution >= 0.6 is 0 Å². The molecule has 6 nitrogen and oxygen atoms in total. The first-order chi connectivity index (χ1) is 14.3. The summed E-state index contributed by atoms with van der Waals surface area (Å²) in [6.45, 7) is 8.17. The average Bonchev–Trinajstić information content (AvgIpc) is 3.48. The molecule has 0 N–H and O–H groups in total. The summed E-state index contributed by atoms with van der Waals surface area (Å²) in [4.78, 5) is 30.7. The van der Waals surface area contributed by atoms with Gasteiger partial charge in [0.1, 0.15) is 0 Å². The van der Waals surface area contributed by atoms with Gasteiger partial charge in [-0.3, -0.25) is 19.3 Å². The lowest BCUT2D eigenvalue weighted by Gasteiger charge is -2.12. The van der Waals surface area contributed by atoms with Gasteiger partial charge in [0.15, 0.2) is 0 Å². The quantitative estimate of drug-likeness (QED) is 0.224. The molecule has 1 aliphatic rings. The van der Waals surface area contributed by atoms with Gasteiger partial charge in [-0.2, -0.15) is 0 Å². The standard InChI is InChI=1S/C11H21NO2.C9H18.C4H9NO2/c1-4-5-6-7-8-9-10-11(13)12(2)14-3;1-3-5-8-7-9(8)6-4-2;1-4(6)5(2)7-3/h6-7H,4-5,8-10H2,1-3H3;8-9H,3-7H2,1-2H3;1-3H3/b7-6-;;. The van der Waals surface area contributed by atoms with Gasteiger partial charge >= 0.3 is 0 Å². The smallest absolute Gasteiger partial charge is 0.245 e. The fourth-order valence-corrected chi connectivity index (χ4v) is 2.92. The molecule has 0 bridgehead atoms. The highest BCUT2D eigenvalue weighted by atomic mass is 16.7. The number of nitrogens with zero attached hydrogens (tertiary/aromatic N) is 2. The minimum atomic E-state index is -0.0949. The predicted octanol–water partition coefficient (Wildman–Crippen LogP) is 5.78. The van der Waals surface area contributed by atoms with Crippen LogP contribution in [-0.4, -0.2) is 50.3 Å². The summed E-state index contributed by atoms with van der Waals surface area (Å²) in [5.41, 5.74) is 0. The van der Waals surface area contributed by atoms with E-state index in [1.54, 1.807) is 20.5 Å². The summed E-state index contributed by atoms with van der Waals surface area (Å²) >= 11 is 0. The molecular weight excluding hydrogens is 380 g/mol. The highest BCUT2D eigenvalue weighted by Gasteiger charge is 2.34. The fourth-order valence-electron chi connectivity index (χ4n) is 2.92. The van der Waals surface area contributed by atoms with Crippen molar-refractivity contribution in [2.75, 3.05) is 28.3 Å². The van der Waals surface area contributed by atoms with Crippen molar-refractivity contribution >= 4 is 11.8 Å². The molecule has 30 heavy (non-hydrogen) atoms. The predicted molar refractivity (Wildman–Crippen MR) is 125 cm³/mol. The second kappa shape index (κ2) is 20.9. The molecule has 2 unspecified atom stereocenters. The molecule has 1 aliphatic carbocycles. The van der Waals surface area contributed by atoms with Crippen molar-refractivity contribution < 1.29 is 19.3 Å². The number of rotatable bonds is 12. The minimum absolute atomic E-state index is 0.0383. The van der Waals surface area contributed by atoms with E-state index in [2.05, 4.69) is 37.8 Å². The van der Waals surface area contributed by atoms with Gasteiger partial charge in [-0.15, -0.1) is 0 Å². The van der Waals surface area contributed by atoms with Crippen molar-refractivity contribution in [2.45, 2.75) is 91.9 Å². The summed E-state index contributed by atoms with van der Waals surface area (Å²) in [6.07, 6.45) is 16.4. The number of hydrogen-bond acceptors (Lipinski definition) is 4. The van der Waals surface area contributed by atoms with Crippen molar-refractivity contribution in [1.82, 2.24) is 10.1 Å². The normalized spacial score (nSPS) is 16.8. The first-order valence-electron chi connectivity index (χ1n) is 11.5. The van der Waals surface area contributed by atoms with Gasteiger partial charge < -0.3 is 0 Å². The van der Waals surface area contributed by atoms with E-state index in [-0.39, 0.29) is 11.8 Å². The van der Waals surface area contributed by atoms with Gasteiger partial charge in [0.05, 0.1) is 14.2 Å². The molecule has 0 aromatic heterocycles. The van der Waals surface area contributed by atoms with E-state index in [4.69, 9.17) is 4.84 Å². The molecule has 0 heterocycles. The number of carbonyl (C=O) groups excluding carboxylic acids is 2. The van der Waals surface area contributed by atoms with Crippen LogP contribution in [0.15, 0.2) is 12.2 Å². The second-order valence-electron chi connectivity index (χ2n) is 7.76. The lowest BCUT2D eigenvalue weighted by Crippen LogP contribution is -2.24. The van der Waals surface area contributed by atoms with E-state index >= 15 is 0 Å². The third-order valence-electron chi connectivity index (χ3n) is 5.11. The summed E-state index contributed by atoms with van der Waals surface area (Å²) in [5, 5.41) is 2.43. The molecule has 6 heteroatoms. The Labute approximate surface area is 185 Å². The molecule has 2 atom stereocenters. The van der Waals surface area contributed by atoms with E-state index in [1.807, 2.05) is 0 Å². The third-order valence-corrected chi connectivity index (χ3v) is 5.11. The van der Waals surface area contributed by atoms with Crippen molar-refractivity contribution in [1.29, 1.82) is 0 Å². The minimum Gasteiger partial charge on any atom is -0.275 e. The molecule has 1 rings (SSSR count). The Morgan fingerprint density at radius 2 is 1.37 bits per heavy atom. The van der Waals surface area contributed by atoms with E-state index in [0.29, 0.717) is 6.42 Å². The number of allylic oxidation sites excluding steroid dienone is 2. The maximum Gasteiger partial charge on any atom is 0.245 e. The lowest BCUT2D eigenvalue weighted by molar-refractivity contribution is -0.168. The number of hydroxylamine groups is 4. The molecule has 178 valence electrons. The molecule has 0 saturated heterocycles. The number of carbonyl (C=O) groups is 2. The van der Waals surface area contributed by atoms with Gasteiger partial charge in [-0.05, 0) is 37.5 Å². The first kappa shape index (κ1) is 30.8. The Balaban J connectivity index is 0. The van der Waals surface area contributed by atoms with E-state index in [1.165, 1.54) is 58.3 Å². The molecule has 1 fully saturated rings. The zero-order chi connectivity index (χ0) is 23.4. The van der Waals surface area contributed by atoms with Crippen LogP contribution in [0.25, 0.3) is 0 Å². The summed E-state index contributed by atoms with van der Waals surface area (Å²) < 4.78 is 0. The van der Waals surface area contributed by atoms with E-state index < -0.39 is 0 Å². The summed E-state index contributed by atoms with van der Waals surface area (Å²) in [7, 11) is 6.14. The van der Waals surface area contributed by atoms with Crippen LogP contribution in [0.3, 0.4) is 0 Å². The summed E-state index contributed by atoms with van der Waals surface area (Å²) in [5.74, 6) is 2.21. The summed E-state index contributed by atoms with van der Waals surface area (Å²) in [6, 6.07) is 0. The molecule has 0 spiro atoms. The van der Waals surface area contributed by atoms with E-state index in [0.717, 1.165) is 36.2 Å². The number of hydrogen-bond donors (Lipinski definition) is 0. The van der Waals surface area contributed by atoms with Crippen molar-refractivity contribution in [3.05, 3.63) is 12.2 Å². The Hall–Kier alpha value is -1.40. The lowest BCUT2D eigenvalue weighted by atomic mass is 10.1. The largest absolute Gasteiger partial charge is 0.275 e. The molecule has 0 aromatic carbocycles. The van der Waals surface area contributed by atoms with Gasteiger partial charge in [0.2, 0.25) is 11.8 Å². The molecule has 0 aliphatic heterocycles. The maximum absolute atomic E-state index is 11.2. The first-order valence-corrected chi connectivity index (χ1v) is 11.5. The van der Waals surface area contributed by atoms with Crippen LogP contribution in [0.2, 0.25) is 0 Å². The van der Waals surface area contributed by atoms with Crippen LogP contribution in [-0.2, 0) is 19.3 Å². The van der Waals surface area contributed by atoms with Crippen molar-refractivity contribution in [2.24, 2.45) is 11.8 Å². The van der Waals surface area contributed by atoms with E-state index in [9.17, 15) is 9.59 Å². The van der Waals surface area contributed by atoms with Crippen molar-refractivity contribution in [3.8, 4) is 0 Å². The maximum atomic E-state index is 11.2. The zero-order valence-electron chi connectivity index (χ0n) is 20.9. The fraction of sp³-hybridized carbons (Fsp3) is 0.833. The van der Waals surface area contributed by atoms with Gasteiger partial charge in [0, 0.05) is 27.4 Å². The van der Waals surface area contributed by atoms with Crippen LogP contribution < -0.4 is 0 Å². The Morgan fingerprint density at radius 3 is 1.73 bits per heavy atom. The zero-order valence-corrected chi connectivity index (χ0v) is 20.9. The average molecular weight is 429 g/mol. The molecular formula is C24H48N2O4. The van der Waals surface area contributed by atoms with Gasteiger partial charge in [-0.1, -0.05) is 65.0 Å². The van der Waals surface area contributed by atoms with Gasteiger partial charge in [0.25, 0.3) is 0 Å². The molecule has 2 amide bonds. The third kappa shape index (κ3) is 18.6. The van der Waals surface area contributed by atoms with Crippen molar-refractivity contribution in [3.63, 3.8) is 0 Å². The Bertz CT molecular complexity index is 444. The van der Waals surface area contributed by atoms with Crippen LogP contribution in [0.4, 0.5) is 0 Å². The second-order valence-corrected chi connectivity index (χ2v) is 7.76. The highest BCUT2D eigenvalue weighted by Crippen LogP contribution is 2.44.